The van der Waals surface area contributed by atoms with Crippen molar-refractivity contribution in [3.05, 3.63) is 33.3 Å². The zero-order chi connectivity index (χ0) is 11.7. The summed E-state index contributed by atoms with van der Waals surface area (Å²) in [7, 11) is 0. The number of nitrogens with one attached hydrogen (secondary N) is 1. The lowest BCUT2D eigenvalue weighted by atomic mass is 10.1. The molecule has 0 bridgehead atoms. The van der Waals surface area contributed by atoms with Crippen LogP contribution < -0.4 is 11.1 Å². The molecule has 2 rings (SSSR count). The van der Waals surface area contributed by atoms with Crippen molar-refractivity contribution in [2.24, 2.45) is 5.73 Å². The molecule has 1 saturated carbocycles. The molecule has 86 valence electrons. The standard InChI is InChI=1S/C11H12BrClN2O/c12-9-4-1-6(13)5-8(9)10(11(14)16)15-7-2-3-7/h1,4-5,7,10,15H,2-3H2,(H2,14,16). The highest BCUT2D eigenvalue weighted by molar-refractivity contribution is 9.10. The molecule has 1 amide bonds. The number of hydrogen-bond acceptors (Lipinski definition) is 2. The van der Waals surface area contributed by atoms with E-state index in [0.29, 0.717) is 11.1 Å². The van der Waals surface area contributed by atoms with E-state index in [2.05, 4.69) is 21.2 Å². The van der Waals surface area contributed by atoms with E-state index < -0.39 is 6.04 Å². The summed E-state index contributed by atoms with van der Waals surface area (Å²) in [4.78, 5) is 11.4. The lowest BCUT2D eigenvalue weighted by Crippen LogP contribution is -2.35. The fraction of sp³-hybridized carbons (Fsp3) is 0.364. The van der Waals surface area contributed by atoms with Gasteiger partial charge in [-0.1, -0.05) is 27.5 Å². The Morgan fingerprint density at radius 1 is 1.56 bits per heavy atom. The first-order valence-corrected chi connectivity index (χ1v) is 6.25. The first-order chi connectivity index (χ1) is 7.58. The van der Waals surface area contributed by atoms with Crippen LogP contribution in [0.4, 0.5) is 0 Å². The van der Waals surface area contributed by atoms with Gasteiger partial charge >= 0.3 is 0 Å². The Balaban J connectivity index is 2.29. The van der Waals surface area contributed by atoms with E-state index in [1.54, 1.807) is 12.1 Å². The first kappa shape index (κ1) is 11.9. The number of primary amides is 1. The number of hydrogen-bond donors (Lipinski definition) is 2. The van der Waals surface area contributed by atoms with Gasteiger partial charge in [-0.3, -0.25) is 10.1 Å². The van der Waals surface area contributed by atoms with E-state index in [-0.39, 0.29) is 5.91 Å². The molecule has 1 aliphatic rings. The molecule has 0 aliphatic heterocycles. The molecule has 0 saturated heterocycles. The van der Waals surface area contributed by atoms with Gasteiger partial charge in [0.25, 0.3) is 0 Å². The number of amides is 1. The van der Waals surface area contributed by atoms with E-state index in [1.807, 2.05) is 6.07 Å². The monoisotopic (exact) mass is 302 g/mol. The number of carbonyl (C=O) groups excluding carboxylic acids is 1. The summed E-state index contributed by atoms with van der Waals surface area (Å²) in [6, 6.07) is 5.28. The molecule has 1 aromatic carbocycles. The van der Waals surface area contributed by atoms with Gasteiger partial charge < -0.3 is 5.73 Å². The van der Waals surface area contributed by atoms with Crippen LogP contribution in [0.1, 0.15) is 24.4 Å². The number of rotatable bonds is 4. The number of halogens is 2. The van der Waals surface area contributed by atoms with Crippen molar-refractivity contribution in [3.63, 3.8) is 0 Å². The van der Waals surface area contributed by atoms with Crippen LogP contribution in [0.3, 0.4) is 0 Å². The van der Waals surface area contributed by atoms with E-state index in [4.69, 9.17) is 17.3 Å². The topological polar surface area (TPSA) is 55.1 Å². The van der Waals surface area contributed by atoms with Gasteiger partial charge in [-0.2, -0.15) is 0 Å². The second kappa shape index (κ2) is 4.73. The van der Waals surface area contributed by atoms with Crippen molar-refractivity contribution in [2.75, 3.05) is 0 Å². The van der Waals surface area contributed by atoms with Gasteiger partial charge in [0, 0.05) is 15.5 Å². The Kier molecular flexibility index (Phi) is 3.52. The summed E-state index contributed by atoms with van der Waals surface area (Å²) in [5, 5.41) is 3.81. The third kappa shape index (κ3) is 2.75. The molecule has 1 aromatic rings. The lowest BCUT2D eigenvalue weighted by molar-refractivity contribution is -0.120. The van der Waals surface area contributed by atoms with Crippen LogP contribution in [0.2, 0.25) is 5.02 Å². The van der Waals surface area contributed by atoms with Crippen molar-refractivity contribution < 1.29 is 4.79 Å². The summed E-state index contributed by atoms with van der Waals surface area (Å²) < 4.78 is 0.842. The van der Waals surface area contributed by atoms with Crippen LogP contribution in [0, 0.1) is 0 Å². The van der Waals surface area contributed by atoms with Crippen LogP contribution in [-0.4, -0.2) is 11.9 Å². The Morgan fingerprint density at radius 2 is 2.25 bits per heavy atom. The van der Waals surface area contributed by atoms with Gasteiger partial charge in [-0.15, -0.1) is 0 Å². The molecular weight excluding hydrogens is 291 g/mol. The van der Waals surface area contributed by atoms with Gasteiger partial charge in [0.1, 0.15) is 6.04 Å². The van der Waals surface area contributed by atoms with Crippen molar-refractivity contribution in [1.29, 1.82) is 0 Å². The van der Waals surface area contributed by atoms with Crippen molar-refractivity contribution >= 4 is 33.4 Å². The van der Waals surface area contributed by atoms with Gasteiger partial charge in [0.05, 0.1) is 0 Å². The molecule has 1 aliphatic carbocycles. The van der Waals surface area contributed by atoms with Crippen molar-refractivity contribution in [3.8, 4) is 0 Å². The predicted molar refractivity (Wildman–Crippen MR) is 67.2 cm³/mol. The SMILES string of the molecule is NC(=O)C(NC1CC1)c1cc(Cl)ccc1Br. The van der Waals surface area contributed by atoms with E-state index in [0.717, 1.165) is 22.9 Å². The maximum atomic E-state index is 11.4. The fourth-order valence-electron chi connectivity index (χ4n) is 1.55. The molecule has 0 heterocycles. The maximum Gasteiger partial charge on any atom is 0.239 e. The van der Waals surface area contributed by atoms with Gasteiger partial charge in [0.15, 0.2) is 0 Å². The van der Waals surface area contributed by atoms with E-state index in [1.165, 1.54) is 0 Å². The number of nitrogens with two attached hydrogens (primary N) is 1. The summed E-state index contributed by atoms with van der Waals surface area (Å²) in [5.41, 5.74) is 6.20. The zero-order valence-electron chi connectivity index (χ0n) is 8.54. The summed E-state index contributed by atoms with van der Waals surface area (Å²) in [6.07, 6.45) is 2.20. The minimum Gasteiger partial charge on any atom is -0.368 e. The average Bonchev–Trinajstić information content (AvgIpc) is 3.02. The van der Waals surface area contributed by atoms with Crippen LogP contribution >= 0.6 is 27.5 Å². The molecule has 1 atom stereocenters. The van der Waals surface area contributed by atoms with Crippen molar-refractivity contribution in [1.82, 2.24) is 5.32 Å². The molecular formula is C11H12BrClN2O. The minimum absolute atomic E-state index is 0.380. The molecule has 0 aromatic heterocycles. The zero-order valence-corrected chi connectivity index (χ0v) is 10.9. The largest absolute Gasteiger partial charge is 0.368 e. The molecule has 16 heavy (non-hydrogen) atoms. The molecule has 5 heteroatoms. The first-order valence-electron chi connectivity index (χ1n) is 5.08. The molecule has 1 unspecified atom stereocenters. The van der Waals surface area contributed by atoms with Gasteiger partial charge in [0.2, 0.25) is 5.91 Å². The third-order valence-electron chi connectivity index (χ3n) is 2.53. The number of carbonyl (C=O) groups is 1. The average molecular weight is 304 g/mol. The Hall–Kier alpha value is -0.580. The van der Waals surface area contributed by atoms with Gasteiger partial charge in [-0.05, 0) is 36.6 Å². The normalized spacial score (nSPS) is 17.1. The Bertz CT molecular complexity index is 420. The summed E-state index contributed by atoms with van der Waals surface area (Å²) >= 11 is 9.32. The number of benzene rings is 1. The van der Waals surface area contributed by atoms with Gasteiger partial charge in [-0.25, -0.2) is 0 Å². The van der Waals surface area contributed by atoms with E-state index in [9.17, 15) is 4.79 Å². The van der Waals surface area contributed by atoms with Crippen LogP contribution in [0.15, 0.2) is 22.7 Å². The fourth-order valence-corrected chi connectivity index (χ4v) is 2.20. The quantitative estimate of drug-likeness (QED) is 0.897. The highest BCUT2D eigenvalue weighted by Crippen LogP contribution is 2.30. The molecule has 3 N–H and O–H groups in total. The second-order valence-electron chi connectivity index (χ2n) is 3.94. The van der Waals surface area contributed by atoms with Crippen LogP contribution in [-0.2, 0) is 4.79 Å². The molecule has 0 radical (unpaired) electrons. The summed E-state index contributed by atoms with van der Waals surface area (Å²) in [5.74, 6) is -0.380. The predicted octanol–water partition coefficient (Wildman–Crippen LogP) is 2.38. The highest BCUT2D eigenvalue weighted by atomic mass is 79.9. The lowest BCUT2D eigenvalue weighted by Gasteiger charge is -2.17. The Labute approximate surface area is 107 Å². The minimum atomic E-state index is -0.472. The highest BCUT2D eigenvalue weighted by Gasteiger charge is 2.29. The maximum absolute atomic E-state index is 11.4. The summed E-state index contributed by atoms with van der Waals surface area (Å²) in [6.45, 7) is 0. The van der Waals surface area contributed by atoms with Crippen LogP contribution in [0.25, 0.3) is 0 Å². The molecule has 0 spiro atoms. The smallest absolute Gasteiger partial charge is 0.239 e. The third-order valence-corrected chi connectivity index (χ3v) is 3.49. The Morgan fingerprint density at radius 3 is 2.81 bits per heavy atom. The van der Waals surface area contributed by atoms with Crippen molar-refractivity contribution in [2.45, 2.75) is 24.9 Å². The molecule has 1 fully saturated rings. The molecule has 3 nitrogen and oxygen atoms in total. The second-order valence-corrected chi connectivity index (χ2v) is 5.23. The van der Waals surface area contributed by atoms with E-state index >= 15 is 0 Å². The van der Waals surface area contributed by atoms with Crippen LogP contribution in [0.5, 0.6) is 0 Å².